The molecule has 0 bridgehead atoms. The molecule has 20 heavy (non-hydrogen) atoms. The summed E-state index contributed by atoms with van der Waals surface area (Å²) in [5.74, 6) is 1.24. The van der Waals surface area contributed by atoms with Crippen LogP contribution in [-0.4, -0.2) is 40.6 Å². The summed E-state index contributed by atoms with van der Waals surface area (Å²) < 4.78 is 2.30. The lowest BCUT2D eigenvalue weighted by Crippen LogP contribution is -2.45. The standard InChI is InChI=1S/C16H28N4/c1-2-7-17-13-16(5-3-4-6-16)14-19-10-11-20-9-8-18-15(20)12-19/h8-9,17H,2-7,10-14H2,1H3. The molecule has 0 aromatic carbocycles. The molecule has 3 rings (SSSR count). The Morgan fingerprint density at radius 3 is 2.95 bits per heavy atom. The van der Waals surface area contributed by atoms with Gasteiger partial charge in [0, 0.05) is 38.6 Å². The van der Waals surface area contributed by atoms with E-state index in [1.807, 2.05) is 6.20 Å². The first-order valence-corrected chi connectivity index (χ1v) is 8.24. The summed E-state index contributed by atoms with van der Waals surface area (Å²) in [5, 5.41) is 3.67. The van der Waals surface area contributed by atoms with E-state index in [9.17, 15) is 0 Å². The zero-order valence-corrected chi connectivity index (χ0v) is 12.8. The molecule has 4 heteroatoms. The van der Waals surface area contributed by atoms with Crippen LogP contribution in [0.3, 0.4) is 0 Å². The van der Waals surface area contributed by atoms with Crippen molar-refractivity contribution in [2.24, 2.45) is 5.41 Å². The van der Waals surface area contributed by atoms with Crippen LogP contribution >= 0.6 is 0 Å². The Morgan fingerprint density at radius 2 is 2.15 bits per heavy atom. The zero-order valence-electron chi connectivity index (χ0n) is 12.8. The predicted octanol–water partition coefficient (Wildman–Crippen LogP) is 2.26. The highest BCUT2D eigenvalue weighted by atomic mass is 15.2. The van der Waals surface area contributed by atoms with Gasteiger partial charge in [-0.3, -0.25) is 4.90 Å². The molecule has 1 aliphatic heterocycles. The van der Waals surface area contributed by atoms with E-state index in [-0.39, 0.29) is 0 Å². The van der Waals surface area contributed by atoms with Crippen molar-refractivity contribution in [3.63, 3.8) is 0 Å². The van der Waals surface area contributed by atoms with Crippen LogP contribution in [-0.2, 0) is 13.1 Å². The van der Waals surface area contributed by atoms with Crippen LogP contribution in [0.2, 0.25) is 0 Å². The minimum absolute atomic E-state index is 0.518. The van der Waals surface area contributed by atoms with E-state index in [0.29, 0.717) is 5.41 Å². The quantitative estimate of drug-likeness (QED) is 0.809. The van der Waals surface area contributed by atoms with E-state index in [2.05, 4.69) is 32.9 Å². The molecule has 0 atom stereocenters. The van der Waals surface area contributed by atoms with Crippen LogP contribution in [0.5, 0.6) is 0 Å². The number of fused-ring (bicyclic) bond motifs is 1. The number of nitrogens with one attached hydrogen (secondary N) is 1. The van der Waals surface area contributed by atoms with Crippen LogP contribution in [0.15, 0.2) is 12.4 Å². The van der Waals surface area contributed by atoms with Crippen molar-refractivity contribution in [3.8, 4) is 0 Å². The molecule has 0 spiro atoms. The van der Waals surface area contributed by atoms with E-state index in [4.69, 9.17) is 0 Å². The SMILES string of the molecule is CCCNCC1(CN2CCn3ccnc3C2)CCCC1. The molecular formula is C16H28N4. The maximum Gasteiger partial charge on any atom is 0.122 e. The Kier molecular flexibility index (Phi) is 4.41. The highest BCUT2D eigenvalue weighted by molar-refractivity contribution is 4.97. The van der Waals surface area contributed by atoms with Crippen molar-refractivity contribution in [2.75, 3.05) is 26.2 Å². The molecule has 1 N–H and O–H groups in total. The molecule has 1 saturated carbocycles. The largest absolute Gasteiger partial charge is 0.333 e. The maximum atomic E-state index is 4.49. The summed E-state index contributed by atoms with van der Waals surface area (Å²) >= 11 is 0. The monoisotopic (exact) mass is 276 g/mol. The smallest absolute Gasteiger partial charge is 0.122 e. The Hall–Kier alpha value is -0.870. The van der Waals surface area contributed by atoms with Gasteiger partial charge < -0.3 is 9.88 Å². The topological polar surface area (TPSA) is 33.1 Å². The molecule has 0 saturated heterocycles. The number of rotatable bonds is 6. The van der Waals surface area contributed by atoms with Crippen LogP contribution in [0.1, 0.15) is 44.9 Å². The van der Waals surface area contributed by atoms with Gasteiger partial charge in [0.05, 0.1) is 6.54 Å². The molecule has 2 aliphatic rings. The molecule has 2 heterocycles. The van der Waals surface area contributed by atoms with E-state index >= 15 is 0 Å². The van der Waals surface area contributed by atoms with Gasteiger partial charge in [0.25, 0.3) is 0 Å². The minimum Gasteiger partial charge on any atom is -0.333 e. The fourth-order valence-electron chi connectivity index (χ4n) is 3.88. The first-order valence-electron chi connectivity index (χ1n) is 8.24. The molecule has 1 aromatic heterocycles. The van der Waals surface area contributed by atoms with E-state index in [1.165, 1.54) is 57.6 Å². The third kappa shape index (κ3) is 3.07. The van der Waals surface area contributed by atoms with Gasteiger partial charge in [-0.1, -0.05) is 19.8 Å². The molecule has 0 unspecified atom stereocenters. The second kappa shape index (κ2) is 6.27. The fraction of sp³-hybridized carbons (Fsp3) is 0.812. The van der Waals surface area contributed by atoms with Crippen LogP contribution in [0, 0.1) is 5.41 Å². The van der Waals surface area contributed by atoms with Crippen molar-refractivity contribution in [1.82, 2.24) is 19.8 Å². The summed E-state index contributed by atoms with van der Waals surface area (Å²) in [5.41, 5.74) is 0.518. The van der Waals surface area contributed by atoms with Gasteiger partial charge in [-0.15, -0.1) is 0 Å². The fourth-order valence-corrected chi connectivity index (χ4v) is 3.88. The molecule has 1 aliphatic carbocycles. The van der Waals surface area contributed by atoms with Crippen molar-refractivity contribution in [2.45, 2.75) is 52.1 Å². The lowest BCUT2D eigenvalue weighted by atomic mass is 9.85. The number of aromatic nitrogens is 2. The van der Waals surface area contributed by atoms with E-state index in [0.717, 1.165) is 19.6 Å². The van der Waals surface area contributed by atoms with Gasteiger partial charge in [0.1, 0.15) is 5.82 Å². The normalized spacial score (nSPS) is 22.1. The van der Waals surface area contributed by atoms with Crippen molar-refractivity contribution < 1.29 is 0 Å². The van der Waals surface area contributed by atoms with Gasteiger partial charge in [0.2, 0.25) is 0 Å². The van der Waals surface area contributed by atoms with E-state index < -0.39 is 0 Å². The van der Waals surface area contributed by atoms with Gasteiger partial charge in [-0.2, -0.15) is 0 Å². The first-order chi connectivity index (χ1) is 9.81. The summed E-state index contributed by atoms with van der Waals surface area (Å²) in [6.45, 7) is 9.17. The van der Waals surface area contributed by atoms with Crippen LogP contribution < -0.4 is 5.32 Å². The highest BCUT2D eigenvalue weighted by Gasteiger charge is 2.35. The second-order valence-electron chi connectivity index (χ2n) is 6.63. The number of imidazole rings is 1. The molecule has 112 valence electrons. The van der Waals surface area contributed by atoms with Crippen molar-refractivity contribution in [3.05, 3.63) is 18.2 Å². The van der Waals surface area contributed by atoms with Crippen LogP contribution in [0.4, 0.5) is 0 Å². The maximum absolute atomic E-state index is 4.49. The summed E-state index contributed by atoms with van der Waals surface area (Å²) in [6, 6.07) is 0. The first kappa shape index (κ1) is 14.1. The lowest BCUT2D eigenvalue weighted by molar-refractivity contribution is 0.122. The zero-order chi connectivity index (χ0) is 13.8. The predicted molar refractivity (Wildman–Crippen MR) is 81.6 cm³/mol. The molecule has 0 amide bonds. The Morgan fingerprint density at radius 1 is 1.30 bits per heavy atom. The summed E-state index contributed by atoms with van der Waals surface area (Å²) in [7, 11) is 0. The van der Waals surface area contributed by atoms with Crippen molar-refractivity contribution in [1.29, 1.82) is 0 Å². The Balaban J connectivity index is 1.59. The average molecular weight is 276 g/mol. The van der Waals surface area contributed by atoms with Gasteiger partial charge in [-0.05, 0) is 31.2 Å². The van der Waals surface area contributed by atoms with Crippen molar-refractivity contribution >= 4 is 0 Å². The average Bonchev–Trinajstić information content (AvgIpc) is 3.08. The molecule has 1 aromatic rings. The van der Waals surface area contributed by atoms with Gasteiger partial charge in [0.15, 0.2) is 0 Å². The Bertz CT molecular complexity index is 420. The molecule has 1 fully saturated rings. The lowest BCUT2D eigenvalue weighted by Gasteiger charge is -2.37. The number of hydrogen-bond acceptors (Lipinski definition) is 3. The van der Waals surface area contributed by atoms with Gasteiger partial charge in [-0.25, -0.2) is 4.98 Å². The number of nitrogens with zero attached hydrogens (tertiary/aromatic N) is 3. The summed E-state index contributed by atoms with van der Waals surface area (Å²) in [4.78, 5) is 7.11. The third-order valence-corrected chi connectivity index (χ3v) is 4.97. The highest BCUT2D eigenvalue weighted by Crippen LogP contribution is 2.38. The third-order valence-electron chi connectivity index (χ3n) is 4.97. The molecule has 4 nitrogen and oxygen atoms in total. The van der Waals surface area contributed by atoms with Crippen LogP contribution in [0.25, 0.3) is 0 Å². The molecule has 0 radical (unpaired) electrons. The van der Waals surface area contributed by atoms with E-state index in [1.54, 1.807) is 0 Å². The number of hydrogen-bond donors (Lipinski definition) is 1. The van der Waals surface area contributed by atoms with Gasteiger partial charge >= 0.3 is 0 Å². The minimum atomic E-state index is 0.518. The molecular weight excluding hydrogens is 248 g/mol. The second-order valence-corrected chi connectivity index (χ2v) is 6.63. The summed E-state index contributed by atoms with van der Waals surface area (Å²) in [6.07, 6.45) is 10.9. The Labute approximate surface area is 122 Å².